The lowest BCUT2D eigenvalue weighted by molar-refractivity contribution is -0.143. The molecule has 0 amide bonds. The number of rotatable bonds is 18. The molecule has 0 aliphatic carbocycles. The second-order valence-electron chi connectivity index (χ2n) is 7.02. The van der Waals surface area contributed by atoms with Gasteiger partial charge >= 0.3 is 5.97 Å². The Morgan fingerprint density at radius 2 is 1.25 bits per heavy atom. The van der Waals surface area contributed by atoms with E-state index in [2.05, 4.69) is 6.92 Å². The van der Waals surface area contributed by atoms with Crippen LogP contribution >= 0.6 is 0 Å². The van der Waals surface area contributed by atoms with Crippen LogP contribution in [0.2, 0.25) is 0 Å². The van der Waals surface area contributed by atoms with Crippen LogP contribution in [0.5, 0.6) is 0 Å². The molecule has 144 valence electrons. The fraction of sp³-hybridized carbons (Fsp3) is 0.950. The van der Waals surface area contributed by atoms with Crippen LogP contribution in [0.3, 0.4) is 0 Å². The van der Waals surface area contributed by atoms with Crippen LogP contribution in [0, 0.1) is 0 Å². The summed E-state index contributed by atoms with van der Waals surface area (Å²) in [5, 5.41) is 0. The first-order valence-electron chi connectivity index (χ1n) is 10.3. The molecular formula is C20H42N2O2. The Hall–Kier alpha value is -0.610. The Morgan fingerprint density at radius 1 is 0.750 bits per heavy atom. The summed E-state index contributed by atoms with van der Waals surface area (Å²) in [7, 11) is 0. The fourth-order valence-corrected chi connectivity index (χ4v) is 2.85. The van der Waals surface area contributed by atoms with Crippen LogP contribution in [0.25, 0.3) is 0 Å². The Balaban J connectivity index is 3.15. The SMILES string of the molecule is CCCCCCCCCC(=O)OCCCCCCCCCC(N)N. The van der Waals surface area contributed by atoms with Crippen molar-refractivity contribution in [2.24, 2.45) is 11.5 Å². The number of carbonyl (C=O) groups is 1. The highest BCUT2D eigenvalue weighted by Crippen LogP contribution is 2.10. The molecule has 4 nitrogen and oxygen atoms in total. The van der Waals surface area contributed by atoms with E-state index in [0.29, 0.717) is 13.0 Å². The van der Waals surface area contributed by atoms with Gasteiger partial charge in [-0.1, -0.05) is 84.0 Å². The summed E-state index contributed by atoms with van der Waals surface area (Å²) in [4.78, 5) is 11.6. The number of hydrogen-bond acceptors (Lipinski definition) is 4. The molecule has 24 heavy (non-hydrogen) atoms. The van der Waals surface area contributed by atoms with Crippen molar-refractivity contribution in [3.05, 3.63) is 0 Å². The lowest BCUT2D eigenvalue weighted by atomic mass is 10.1. The van der Waals surface area contributed by atoms with E-state index in [1.165, 1.54) is 57.8 Å². The van der Waals surface area contributed by atoms with Crippen molar-refractivity contribution >= 4 is 5.97 Å². The molecule has 0 rings (SSSR count). The van der Waals surface area contributed by atoms with Crippen LogP contribution in [0.4, 0.5) is 0 Å². The predicted molar refractivity (Wildman–Crippen MR) is 103 cm³/mol. The second-order valence-corrected chi connectivity index (χ2v) is 7.02. The van der Waals surface area contributed by atoms with Gasteiger partial charge in [0.1, 0.15) is 0 Å². The summed E-state index contributed by atoms with van der Waals surface area (Å²) in [6.07, 6.45) is 18.3. The minimum Gasteiger partial charge on any atom is -0.466 e. The van der Waals surface area contributed by atoms with Gasteiger partial charge in [-0.3, -0.25) is 4.79 Å². The molecule has 0 fully saturated rings. The number of carbonyl (C=O) groups excluding carboxylic acids is 1. The molecule has 0 aliphatic heterocycles. The number of esters is 1. The molecular weight excluding hydrogens is 300 g/mol. The molecule has 0 saturated heterocycles. The molecule has 0 heterocycles. The summed E-state index contributed by atoms with van der Waals surface area (Å²) in [5.74, 6) is -0.0123. The minimum atomic E-state index is -0.152. The van der Waals surface area contributed by atoms with Crippen LogP contribution in [-0.2, 0) is 9.53 Å². The van der Waals surface area contributed by atoms with Gasteiger partial charge in [0.2, 0.25) is 0 Å². The van der Waals surface area contributed by atoms with E-state index < -0.39 is 0 Å². The molecule has 4 N–H and O–H groups in total. The second kappa shape index (κ2) is 18.7. The Bertz CT molecular complexity index is 270. The Morgan fingerprint density at radius 3 is 1.83 bits per heavy atom. The maximum Gasteiger partial charge on any atom is 0.305 e. The standard InChI is InChI=1S/C20H42N2O2/c1-2-3-4-5-7-11-14-17-20(23)24-18-15-12-9-6-8-10-13-16-19(21)22/h19H,2-18,21-22H2,1H3. The lowest BCUT2D eigenvalue weighted by Gasteiger charge is -2.06. The van der Waals surface area contributed by atoms with E-state index in [1.807, 2.05) is 0 Å². The molecule has 0 atom stereocenters. The van der Waals surface area contributed by atoms with Crippen molar-refractivity contribution < 1.29 is 9.53 Å². The minimum absolute atomic E-state index is 0.0123. The zero-order chi connectivity index (χ0) is 17.9. The highest BCUT2D eigenvalue weighted by molar-refractivity contribution is 5.69. The van der Waals surface area contributed by atoms with Crippen molar-refractivity contribution in [3.8, 4) is 0 Å². The third kappa shape index (κ3) is 19.4. The summed E-state index contributed by atoms with van der Waals surface area (Å²) >= 11 is 0. The maximum atomic E-state index is 11.6. The van der Waals surface area contributed by atoms with E-state index in [9.17, 15) is 4.79 Å². The van der Waals surface area contributed by atoms with Gasteiger partial charge in [-0.15, -0.1) is 0 Å². The zero-order valence-electron chi connectivity index (χ0n) is 16.1. The normalized spacial score (nSPS) is 11.2. The molecule has 4 heteroatoms. The maximum absolute atomic E-state index is 11.6. The van der Waals surface area contributed by atoms with Gasteiger partial charge in [-0.05, 0) is 19.3 Å². The van der Waals surface area contributed by atoms with E-state index in [1.54, 1.807) is 0 Å². The number of hydrogen-bond donors (Lipinski definition) is 2. The van der Waals surface area contributed by atoms with Gasteiger partial charge in [-0.2, -0.15) is 0 Å². The Kier molecular flexibility index (Phi) is 18.2. The van der Waals surface area contributed by atoms with Gasteiger partial charge in [0.25, 0.3) is 0 Å². The van der Waals surface area contributed by atoms with Crippen molar-refractivity contribution in [3.63, 3.8) is 0 Å². The summed E-state index contributed by atoms with van der Waals surface area (Å²) < 4.78 is 5.29. The van der Waals surface area contributed by atoms with Gasteiger partial charge in [0.05, 0.1) is 12.8 Å². The monoisotopic (exact) mass is 342 g/mol. The van der Waals surface area contributed by atoms with Crippen molar-refractivity contribution in [2.45, 2.75) is 116 Å². The van der Waals surface area contributed by atoms with E-state index in [-0.39, 0.29) is 12.1 Å². The third-order valence-corrected chi connectivity index (χ3v) is 4.43. The third-order valence-electron chi connectivity index (χ3n) is 4.43. The number of unbranched alkanes of at least 4 members (excludes halogenated alkanes) is 12. The zero-order valence-corrected chi connectivity index (χ0v) is 16.1. The topological polar surface area (TPSA) is 78.3 Å². The quantitative estimate of drug-likeness (QED) is 0.208. The highest BCUT2D eigenvalue weighted by atomic mass is 16.5. The highest BCUT2D eigenvalue weighted by Gasteiger charge is 2.02. The number of nitrogens with two attached hydrogens (primary N) is 2. The van der Waals surface area contributed by atoms with Gasteiger partial charge < -0.3 is 16.2 Å². The first-order chi connectivity index (χ1) is 11.7. The average Bonchev–Trinajstić information content (AvgIpc) is 2.55. The molecule has 0 aromatic rings. The largest absolute Gasteiger partial charge is 0.466 e. The van der Waals surface area contributed by atoms with Crippen LogP contribution < -0.4 is 11.5 Å². The summed E-state index contributed by atoms with van der Waals surface area (Å²) in [6.45, 7) is 2.83. The predicted octanol–water partition coefficient (Wildman–Crippen LogP) is 5.03. The number of ether oxygens (including phenoxy) is 1. The molecule has 0 saturated carbocycles. The smallest absolute Gasteiger partial charge is 0.305 e. The fourth-order valence-electron chi connectivity index (χ4n) is 2.85. The van der Waals surface area contributed by atoms with E-state index in [0.717, 1.165) is 38.5 Å². The lowest BCUT2D eigenvalue weighted by Crippen LogP contribution is -2.29. The van der Waals surface area contributed by atoms with Gasteiger partial charge in [0.15, 0.2) is 0 Å². The Labute approximate surface area is 150 Å². The van der Waals surface area contributed by atoms with E-state index >= 15 is 0 Å². The molecule has 0 aromatic carbocycles. The molecule has 0 spiro atoms. The van der Waals surface area contributed by atoms with Crippen LogP contribution in [0.15, 0.2) is 0 Å². The van der Waals surface area contributed by atoms with Crippen LogP contribution in [-0.4, -0.2) is 18.7 Å². The molecule has 0 aromatic heterocycles. The van der Waals surface area contributed by atoms with Gasteiger partial charge in [0, 0.05) is 6.42 Å². The summed E-state index contributed by atoms with van der Waals surface area (Å²) in [6, 6.07) is 0. The van der Waals surface area contributed by atoms with Crippen LogP contribution in [0.1, 0.15) is 110 Å². The summed E-state index contributed by atoms with van der Waals surface area (Å²) in [5.41, 5.74) is 11.0. The van der Waals surface area contributed by atoms with Crippen molar-refractivity contribution in [1.82, 2.24) is 0 Å². The van der Waals surface area contributed by atoms with E-state index in [4.69, 9.17) is 16.2 Å². The molecule has 0 bridgehead atoms. The first kappa shape index (κ1) is 23.4. The van der Waals surface area contributed by atoms with Gasteiger partial charge in [-0.25, -0.2) is 0 Å². The molecule has 0 radical (unpaired) electrons. The molecule has 0 aliphatic rings. The first-order valence-corrected chi connectivity index (χ1v) is 10.3. The molecule has 0 unspecified atom stereocenters. The average molecular weight is 343 g/mol. The van der Waals surface area contributed by atoms with Crippen molar-refractivity contribution in [2.75, 3.05) is 6.61 Å². The van der Waals surface area contributed by atoms with Crippen molar-refractivity contribution in [1.29, 1.82) is 0 Å².